The Morgan fingerprint density at radius 3 is 1.39 bits per heavy atom. The van der Waals surface area contributed by atoms with E-state index in [4.69, 9.17) is 15.3 Å². The fraction of sp³-hybridized carbons (Fsp3) is 0.867. The summed E-state index contributed by atoms with van der Waals surface area (Å²) < 4.78 is 1.13. The lowest BCUT2D eigenvalue weighted by Crippen LogP contribution is -2.43. The van der Waals surface area contributed by atoms with Crippen molar-refractivity contribution in [3.05, 3.63) is 0 Å². The quantitative estimate of drug-likeness (QED) is 0.457. The van der Waals surface area contributed by atoms with Crippen molar-refractivity contribution in [2.24, 2.45) is 0 Å². The van der Waals surface area contributed by atoms with Crippen molar-refractivity contribution in [3.8, 4) is 0 Å². The van der Waals surface area contributed by atoms with E-state index >= 15 is 0 Å². The van der Waals surface area contributed by atoms with Gasteiger partial charge in [-0.3, -0.25) is 4.79 Å². The molecule has 0 aliphatic rings. The number of nitrogens with zero attached hydrogens (tertiary/aromatic N) is 2. The van der Waals surface area contributed by atoms with E-state index in [1.807, 2.05) is 42.3 Å². The molecule has 0 fully saturated rings. The lowest BCUT2D eigenvalue weighted by molar-refractivity contribution is -0.873. The molecule has 0 saturated heterocycles. The molecule has 0 aliphatic carbocycles. The zero-order valence-electron chi connectivity index (χ0n) is 14.4. The Morgan fingerprint density at radius 1 is 0.870 bits per heavy atom. The Bertz CT molecular complexity index is 313. The third kappa shape index (κ3) is 26.0. The van der Waals surface area contributed by atoms with Gasteiger partial charge in [0, 0.05) is 12.4 Å². The first kappa shape index (κ1) is 26.7. The number of hydrogen-bond acceptors (Lipinski definition) is 5. The van der Waals surface area contributed by atoms with Gasteiger partial charge < -0.3 is 34.2 Å². The van der Waals surface area contributed by atoms with Crippen molar-refractivity contribution in [3.63, 3.8) is 0 Å². The Kier molecular flexibility index (Phi) is 13.1. The normalized spacial score (nSPS) is 13.9. The smallest absolute Gasteiger partial charge is 0.306 e. The average Bonchev–Trinajstić information content (AvgIpc) is 2.07. The first-order chi connectivity index (χ1) is 9.62. The zero-order chi connectivity index (χ0) is 18.1. The van der Waals surface area contributed by atoms with E-state index in [0.717, 1.165) is 0 Å². The molecule has 2 atom stereocenters. The highest BCUT2D eigenvalue weighted by atomic mass is 16.4. The Labute approximate surface area is 139 Å². The van der Waals surface area contributed by atoms with Crippen LogP contribution >= 0.6 is 0 Å². The predicted octanol–water partition coefficient (Wildman–Crippen LogP) is -1.64. The van der Waals surface area contributed by atoms with Crippen LogP contribution in [0, 0.1) is 0 Å². The third-order valence-electron chi connectivity index (χ3n) is 2.33. The molecular formula is C15H35N2O6+. The number of carboxylic acid groups (broad SMARTS) is 2. The zero-order valence-corrected chi connectivity index (χ0v) is 14.4. The number of rotatable bonds is 8. The minimum atomic E-state index is -1.20. The van der Waals surface area contributed by atoms with Gasteiger partial charge in [0.2, 0.25) is 0 Å². The molecule has 0 radical (unpaired) electrons. The number of hydrogen-bond donors (Lipinski definition) is 3. The van der Waals surface area contributed by atoms with Crippen molar-refractivity contribution >= 4 is 11.9 Å². The fourth-order valence-corrected chi connectivity index (χ4v) is 1.79. The van der Waals surface area contributed by atoms with Crippen LogP contribution in [-0.4, -0.2) is 104 Å². The van der Waals surface area contributed by atoms with Crippen molar-refractivity contribution in [2.75, 3.05) is 55.4 Å². The minimum absolute atomic E-state index is 0. The molecule has 140 valence electrons. The van der Waals surface area contributed by atoms with Crippen molar-refractivity contribution in [1.29, 1.82) is 0 Å². The molecule has 8 nitrogen and oxygen atoms in total. The largest absolute Gasteiger partial charge is 0.550 e. The van der Waals surface area contributed by atoms with Crippen LogP contribution in [0.3, 0.4) is 0 Å². The van der Waals surface area contributed by atoms with Crippen LogP contribution < -0.4 is 5.11 Å². The standard InChI is InChI=1S/2C7H15NO3.CH4/c2*1-8(2,3)5-6(9)4-7(10)11;/h2*6,9H,4-5H2,1-3H3;1H4/p+1/t2*6-;/m11./s1. The third-order valence-corrected chi connectivity index (χ3v) is 2.33. The van der Waals surface area contributed by atoms with E-state index in [-0.39, 0.29) is 20.3 Å². The van der Waals surface area contributed by atoms with Gasteiger partial charge in [-0.1, -0.05) is 7.43 Å². The summed E-state index contributed by atoms with van der Waals surface area (Å²) in [5.74, 6) is -2.16. The molecule has 3 N–H and O–H groups in total. The van der Waals surface area contributed by atoms with Gasteiger partial charge >= 0.3 is 5.97 Å². The predicted molar refractivity (Wildman–Crippen MR) is 86.4 cm³/mol. The molecule has 0 spiro atoms. The average molecular weight is 339 g/mol. The topological polar surface area (TPSA) is 118 Å². The van der Waals surface area contributed by atoms with Crippen LogP contribution in [-0.2, 0) is 9.59 Å². The molecule has 0 saturated carbocycles. The molecule has 23 heavy (non-hydrogen) atoms. The maximum Gasteiger partial charge on any atom is 0.306 e. The summed E-state index contributed by atoms with van der Waals surface area (Å²) in [5, 5.41) is 36.6. The van der Waals surface area contributed by atoms with Gasteiger partial charge in [0.25, 0.3) is 0 Å². The highest BCUT2D eigenvalue weighted by Gasteiger charge is 2.17. The van der Waals surface area contributed by atoms with E-state index in [2.05, 4.69) is 0 Å². The van der Waals surface area contributed by atoms with Gasteiger partial charge in [-0.2, -0.15) is 0 Å². The van der Waals surface area contributed by atoms with Crippen LogP contribution in [0.5, 0.6) is 0 Å². The Hall–Kier alpha value is -1.22. The Morgan fingerprint density at radius 2 is 1.17 bits per heavy atom. The summed E-state index contributed by atoms with van der Waals surface area (Å²) in [7, 11) is 11.4. The SMILES string of the molecule is C.C[N+](C)(C)C[C@H](O)CC(=O)O.C[N+](C)(C)C[C@H](O)CC(=O)[O-]. The number of aliphatic hydroxyl groups excluding tert-OH is 2. The van der Waals surface area contributed by atoms with Crippen LogP contribution in [0.1, 0.15) is 20.3 Å². The fourth-order valence-electron chi connectivity index (χ4n) is 1.79. The lowest BCUT2D eigenvalue weighted by Gasteiger charge is -2.26. The molecule has 0 aromatic heterocycles. The first-order valence-electron chi connectivity index (χ1n) is 7.01. The number of aliphatic carboxylic acids is 2. The lowest BCUT2D eigenvalue weighted by atomic mass is 10.2. The van der Waals surface area contributed by atoms with E-state index in [0.29, 0.717) is 22.1 Å². The van der Waals surface area contributed by atoms with Gasteiger partial charge in [-0.05, 0) is 0 Å². The Balaban J connectivity index is -0.000000333. The molecule has 0 heterocycles. The number of likely N-dealkylation sites (N-methyl/N-ethyl adjacent to an activating group) is 2. The van der Waals surface area contributed by atoms with Gasteiger partial charge in [0.15, 0.2) is 0 Å². The summed E-state index contributed by atoms with van der Waals surface area (Å²) in [4.78, 5) is 20.1. The van der Waals surface area contributed by atoms with Gasteiger partial charge in [0.1, 0.15) is 25.3 Å². The molecule has 0 aromatic rings. The van der Waals surface area contributed by atoms with Crippen molar-refractivity contribution in [2.45, 2.75) is 32.5 Å². The number of aliphatic hydroxyl groups is 2. The second-order valence-electron chi connectivity index (χ2n) is 7.43. The van der Waals surface area contributed by atoms with Crippen molar-refractivity contribution in [1.82, 2.24) is 0 Å². The highest BCUT2D eigenvalue weighted by Crippen LogP contribution is 1.99. The van der Waals surface area contributed by atoms with Crippen LogP contribution in [0.15, 0.2) is 0 Å². The highest BCUT2D eigenvalue weighted by molar-refractivity contribution is 5.67. The van der Waals surface area contributed by atoms with Gasteiger partial charge in [0.05, 0.1) is 48.7 Å². The summed E-state index contributed by atoms with van der Waals surface area (Å²) in [6.07, 6.45) is -2.00. The van der Waals surface area contributed by atoms with Crippen LogP contribution in [0.25, 0.3) is 0 Å². The van der Waals surface area contributed by atoms with Crippen molar-refractivity contribution < 1.29 is 39.0 Å². The summed E-state index contributed by atoms with van der Waals surface area (Å²) in [6, 6.07) is 0. The number of carbonyl (C=O) groups is 2. The summed E-state index contributed by atoms with van der Waals surface area (Å²) in [6.45, 7) is 0.889. The van der Waals surface area contributed by atoms with Gasteiger partial charge in [-0.15, -0.1) is 0 Å². The van der Waals surface area contributed by atoms with E-state index in [1.165, 1.54) is 0 Å². The monoisotopic (exact) mass is 339 g/mol. The second kappa shape index (κ2) is 11.3. The molecule has 0 aliphatic heterocycles. The molecule has 0 unspecified atom stereocenters. The molecule has 8 heteroatoms. The van der Waals surface area contributed by atoms with Crippen LogP contribution in [0.4, 0.5) is 0 Å². The number of carbonyl (C=O) groups excluding carboxylic acids is 1. The molecular weight excluding hydrogens is 304 g/mol. The second-order valence-corrected chi connectivity index (χ2v) is 7.43. The minimum Gasteiger partial charge on any atom is -0.550 e. The molecule has 0 aromatic carbocycles. The summed E-state index contributed by atoms with van der Waals surface area (Å²) >= 11 is 0. The molecule has 0 bridgehead atoms. The maximum absolute atomic E-state index is 10.1. The van der Waals surface area contributed by atoms with E-state index in [1.54, 1.807) is 0 Å². The van der Waals surface area contributed by atoms with Gasteiger partial charge in [-0.25, -0.2) is 0 Å². The summed E-state index contributed by atoms with van der Waals surface area (Å²) in [5.41, 5.74) is 0. The molecule has 0 amide bonds. The number of quaternary nitrogens is 2. The molecule has 0 rings (SSSR count). The maximum atomic E-state index is 10.1. The van der Waals surface area contributed by atoms with E-state index in [9.17, 15) is 14.7 Å². The number of carboxylic acids is 2. The first-order valence-corrected chi connectivity index (χ1v) is 7.01. The van der Waals surface area contributed by atoms with Crippen LogP contribution in [0.2, 0.25) is 0 Å². The van der Waals surface area contributed by atoms with E-state index < -0.39 is 24.1 Å².